The van der Waals surface area contributed by atoms with Gasteiger partial charge in [-0.3, -0.25) is 0 Å². The van der Waals surface area contributed by atoms with E-state index in [-0.39, 0.29) is 0 Å². The standard InChI is InChI=1S/C21H18N2/c1-14-11-12-15(2)20(13-14)23-21-18-9-4-3-7-16(18)17-8-5-6-10-19(17)22-21/h3-13H,1-2H3,(H,22,23). The number of pyridine rings is 1. The van der Waals surface area contributed by atoms with Gasteiger partial charge in [-0.05, 0) is 42.5 Å². The van der Waals surface area contributed by atoms with Gasteiger partial charge in [-0.25, -0.2) is 4.98 Å². The minimum Gasteiger partial charge on any atom is -0.339 e. The molecule has 0 aliphatic carbocycles. The first-order chi connectivity index (χ1) is 11.2. The molecule has 112 valence electrons. The van der Waals surface area contributed by atoms with Crippen molar-refractivity contribution in [3.05, 3.63) is 77.9 Å². The van der Waals surface area contributed by atoms with E-state index < -0.39 is 0 Å². The summed E-state index contributed by atoms with van der Waals surface area (Å²) in [5.41, 5.74) is 4.58. The zero-order valence-corrected chi connectivity index (χ0v) is 13.3. The molecule has 0 aliphatic heterocycles. The number of benzene rings is 3. The summed E-state index contributed by atoms with van der Waals surface area (Å²) in [5, 5.41) is 7.10. The van der Waals surface area contributed by atoms with Crippen molar-refractivity contribution in [1.82, 2.24) is 4.98 Å². The number of aromatic nitrogens is 1. The highest BCUT2D eigenvalue weighted by atomic mass is 15.0. The molecule has 0 unspecified atom stereocenters. The Balaban J connectivity index is 1.96. The molecule has 0 fully saturated rings. The Morgan fingerprint density at radius 1 is 0.739 bits per heavy atom. The molecule has 2 heteroatoms. The Labute approximate surface area is 135 Å². The third-order valence-electron chi connectivity index (χ3n) is 4.25. The predicted molar refractivity (Wildman–Crippen MR) is 98.4 cm³/mol. The van der Waals surface area contributed by atoms with E-state index in [1.165, 1.54) is 21.9 Å². The molecule has 1 N–H and O–H groups in total. The lowest BCUT2D eigenvalue weighted by Gasteiger charge is -2.14. The first kappa shape index (κ1) is 13.8. The quantitative estimate of drug-likeness (QED) is 0.477. The maximum atomic E-state index is 4.86. The van der Waals surface area contributed by atoms with Crippen molar-refractivity contribution in [2.75, 3.05) is 5.32 Å². The Hall–Kier alpha value is -2.87. The lowest BCUT2D eigenvalue weighted by atomic mass is 10.1. The van der Waals surface area contributed by atoms with Crippen LogP contribution in [0.5, 0.6) is 0 Å². The third kappa shape index (κ3) is 2.42. The van der Waals surface area contributed by atoms with E-state index in [1.54, 1.807) is 0 Å². The first-order valence-electron chi connectivity index (χ1n) is 7.84. The number of hydrogen-bond acceptors (Lipinski definition) is 2. The van der Waals surface area contributed by atoms with Crippen LogP contribution in [0.1, 0.15) is 11.1 Å². The minimum absolute atomic E-state index is 0.910. The van der Waals surface area contributed by atoms with Gasteiger partial charge in [0.25, 0.3) is 0 Å². The number of para-hydroxylation sites is 1. The van der Waals surface area contributed by atoms with Crippen LogP contribution in [0.4, 0.5) is 11.5 Å². The number of rotatable bonds is 2. The van der Waals surface area contributed by atoms with Crippen molar-refractivity contribution in [2.24, 2.45) is 0 Å². The van der Waals surface area contributed by atoms with Crippen LogP contribution < -0.4 is 5.32 Å². The summed E-state index contributed by atoms with van der Waals surface area (Å²) in [4.78, 5) is 4.86. The zero-order valence-electron chi connectivity index (χ0n) is 13.3. The molecule has 1 heterocycles. The van der Waals surface area contributed by atoms with Crippen molar-refractivity contribution in [3.63, 3.8) is 0 Å². The number of fused-ring (bicyclic) bond motifs is 3. The van der Waals surface area contributed by atoms with E-state index in [0.29, 0.717) is 0 Å². The fourth-order valence-electron chi connectivity index (χ4n) is 3.00. The van der Waals surface area contributed by atoms with E-state index in [4.69, 9.17) is 4.98 Å². The maximum Gasteiger partial charge on any atom is 0.138 e. The number of anilines is 2. The lowest BCUT2D eigenvalue weighted by molar-refractivity contribution is 1.34. The molecule has 0 spiro atoms. The number of nitrogens with one attached hydrogen (secondary N) is 1. The molecule has 4 aromatic rings. The van der Waals surface area contributed by atoms with E-state index >= 15 is 0 Å². The average molecular weight is 298 g/mol. The Morgan fingerprint density at radius 2 is 1.43 bits per heavy atom. The molecule has 3 aromatic carbocycles. The highest BCUT2D eigenvalue weighted by Gasteiger charge is 2.09. The maximum absolute atomic E-state index is 4.86. The molecule has 0 bridgehead atoms. The van der Waals surface area contributed by atoms with Crippen molar-refractivity contribution < 1.29 is 0 Å². The smallest absolute Gasteiger partial charge is 0.138 e. The van der Waals surface area contributed by atoms with E-state index in [0.717, 1.165) is 22.4 Å². The van der Waals surface area contributed by atoms with Gasteiger partial charge in [0.15, 0.2) is 0 Å². The third-order valence-corrected chi connectivity index (χ3v) is 4.25. The zero-order chi connectivity index (χ0) is 15.8. The lowest BCUT2D eigenvalue weighted by Crippen LogP contribution is -1.98. The van der Waals surface area contributed by atoms with Crippen LogP contribution in [0, 0.1) is 13.8 Å². The molecule has 0 saturated carbocycles. The monoisotopic (exact) mass is 298 g/mol. The topological polar surface area (TPSA) is 24.9 Å². The van der Waals surface area contributed by atoms with Gasteiger partial charge in [-0.1, -0.05) is 54.6 Å². The highest BCUT2D eigenvalue weighted by molar-refractivity contribution is 6.10. The second kappa shape index (κ2) is 5.40. The molecule has 1 aromatic heterocycles. The average Bonchev–Trinajstić information content (AvgIpc) is 2.58. The summed E-state index contributed by atoms with van der Waals surface area (Å²) < 4.78 is 0. The number of aryl methyl sites for hydroxylation is 2. The highest BCUT2D eigenvalue weighted by Crippen LogP contribution is 2.31. The van der Waals surface area contributed by atoms with Gasteiger partial charge < -0.3 is 5.32 Å². The minimum atomic E-state index is 0.910. The second-order valence-electron chi connectivity index (χ2n) is 5.97. The Morgan fingerprint density at radius 3 is 2.26 bits per heavy atom. The molecule has 4 rings (SSSR count). The summed E-state index contributed by atoms with van der Waals surface area (Å²) in [6.45, 7) is 4.22. The van der Waals surface area contributed by atoms with Crippen molar-refractivity contribution in [3.8, 4) is 0 Å². The second-order valence-corrected chi connectivity index (χ2v) is 5.97. The summed E-state index contributed by atoms with van der Waals surface area (Å²) in [6.07, 6.45) is 0. The summed E-state index contributed by atoms with van der Waals surface area (Å²) in [5.74, 6) is 0.910. The van der Waals surface area contributed by atoms with E-state index in [1.807, 2.05) is 6.07 Å². The molecule has 23 heavy (non-hydrogen) atoms. The van der Waals surface area contributed by atoms with E-state index in [2.05, 4.69) is 79.8 Å². The molecular weight excluding hydrogens is 280 g/mol. The van der Waals surface area contributed by atoms with Crippen LogP contribution in [0.25, 0.3) is 21.7 Å². The van der Waals surface area contributed by atoms with Gasteiger partial charge >= 0.3 is 0 Å². The van der Waals surface area contributed by atoms with Gasteiger partial charge in [0.2, 0.25) is 0 Å². The molecule has 0 atom stereocenters. The fourth-order valence-corrected chi connectivity index (χ4v) is 3.00. The normalized spacial score (nSPS) is 11.0. The van der Waals surface area contributed by atoms with Gasteiger partial charge in [0.05, 0.1) is 5.52 Å². The van der Waals surface area contributed by atoms with Crippen LogP contribution in [-0.2, 0) is 0 Å². The number of nitrogens with zero attached hydrogens (tertiary/aromatic N) is 1. The van der Waals surface area contributed by atoms with Crippen LogP contribution >= 0.6 is 0 Å². The Kier molecular flexibility index (Phi) is 3.23. The van der Waals surface area contributed by atoms with Gasteiger partial charge in [-0.2, -0.15) is 0 Å². The van der Waals surface area contributed by atoms with Gasteiger partial charge in [0.1, 0.15) is 5.82 Å². The van der Waals surface area contributed by atoms with Gasteiger partial charge in [-0.15, -0.1) is 0 Å². The largest absolute Gasteiger partial charge is 0.339 e. The van der Waals surface area contributed by atoms with Crippen molar-refractivity contribution >= 4 is 33.2 Å². The molecule has 0 radical (unpaired) electrons. The van der Waals surface area contributed by atoms with Crippen molar-refractivity contribution in [2.45, 2.75) is 13.8 Å². The van der Waals surface area contributed by atoms with Crippen LogP contribution in [-0.4, -0.2) is 4.98 Å². The fraction of sp³-hybridized carbons (Fsp3) is 0.0952. The molecule has 0 saturated heterocycles. The van der Waals surface area contributed by atoms with Crippen molar-refractivity contribution in [1.29, 1.82) is 0 Å². The molecule has 0 amide bonds. The van der Waals surface area contributed by atoms with E-state index in [9.17, 15) is 0 Å². The van der Waals surface area contributed by atoms with Gasteiger partial charge in [0, 0.05) is 16.5 Å². The van der Waals surface area contributed by atoms with Crippen LogP contribution in [0.2, 0.25) is 0 Å². The Bertz CT molecular complexity index is 1020. The number of hydrogen-bond donors (Lipinski definition) is 1. The van der Waals surface area contributed by atoms with Crippen LogP contribution in [0.15, 0.2) is 66.7 Å². The van der Waals surface area contributed by atoms with Crippen LogP contribution in [0.3, 0.4) is 0 Å². The molecular formula is C21H18N2. The summed E-state index contributed by atoms with van der Waals surface area (Å²) in [6, 6.07) is 23.2. The summed E-state index contributed by atoms with van der Waals surface area (Å²) >= 11 is 0. The predicted octanol–water partition coefficient (Wildman–Crippen LogP) is 5.75. The first-order valence-corrected chi connectivity index (χ1v) is 7.84. The SMILES string of the molecule is Cc1ccc(C)c(Nc2nc3ccccc3c3ccccc23)c1. The summed E-state index contributed by atoms with van der Waals surface area (Å²) in [7, 11) is 0. The molecule has 2 nitrogen and oxygen atoms in total. The molecule has 0 aliphatic rings.